The van der Waals surface area contributed by atoms with E-state index < -0.39 is 0 Å². The summed E-state index contributed by atoms with van der Waals surface area (Å²) >= 11 is 1.88. The van der Waals surface area contributed by atoms with Crippen LogP contribution in [-0.4, -0.2) is 28.0 Å². The van der Waals surface area contributed by atoms with Gasteiger partial charge in [0.15, 0.2) is 5.82 Å². The first kappa shape index (κ1) is 16.2. The van der Waals surface area contributed by atoms with Crippen LogP contribution in [0, 0.1) is 0 Å². The van der Waals surface area contributed by atoms with Crippen molar-refractivity contribution < 1.29 is 0 Å². The van der Waals surface area contributed by atoms with Gasteiger partial charge in [-0.25, -0.2) is 9.97 Å². The minimum absolute atomic E-state index is 0.598. The van der Waals surface area contributed by atoms with E-state index in [0.29, 0.717) is 6.04 Å². The number of fused-ring (bicyclic) bond motifs is 3. The molecule has 3 heterocycles. The zero-order valence-electron chi connectivity index (χ0n) is 15.2. The van der Waals surface area contributed by atoms with Gasteiger partial charge in [0, 0.05) is 35.9 Å². The summed E-state index contributed by atoms with van der Waals surface area (Å²) < 4.78 is 0. The van der Waals surface area contributed by atoms with Gasteiger partial charge in [-0.05, 0) is 49.8 Å². The third kappa shape index (κ3) is 2.69. The molecule has 3 aromatic heterocycles. The summed E-state index contributed by atoms with van der Waals surface area (Å²) in [6.45, 7) is 0. The fourth-order valence-electron chi connectivity index (χ4n) is 4.50. The summed E-state index contributed by atoms with van der Waals surface area (Å²) in [5.74, 6) is 1.95. The number of pyridine rings is 1. The Morgan fingerprint density at radius 3 is 2.77 bits per heavy atom. The maximum absolute atomic E-state index is 5.08. The molecule has 2 aliphatic carbocycles. The van der Waals surface area contributed by atoms with Crippen LogP contribution in [0.3, 0.4) is 0 Å². The molecule has 134 valence electrons. The molecule has 26 heavy (non-hydrogen) atoms. The molecule has 0 unspecified atom stereocenters. The van der Waals surface area contributed by atoms with E-state index in [0.717, 1.165) is 22.0 Å². The fraction of sp³-hybridized carbons (Fsp3) is 0.476. The molecule has 0 bridgehead atoms. The number of aromatic nitrogens is 3. The predicted octanol–water partition coefficient (Wildman–Crippen LogP) is 5.01. The molecule has 3 aromatic rings. The maximum atomic E-state index is 5.08. The highest BCUT2D eigenvalue weighted by molar-refractivity contribution is 7.19. The molecule has 0 aromatic carbocycles. The van der Waals surface area contributed by atoms with E-state index in [9.17, 15) is 0 Å². The molecule has 0 amide bonds. The number of hydrogen-bond acceptors (Lipinski definition) is 5. The lowest BCUT2D eigenvalue weighted by molar-refractivity contribution is 0.426. The first-order chi connectivity index (χ1) is 12.8. The number of rotatable bonds is 3. The number of nitrogens with zero attached hydrogens (tertiary/aromatic N) is 4. The van der Waals surface area contributed by atoms with Crippen LogP contribution in [0.2, 0.25) is 0 Å². The first-order valence-corrected chi connectivity index (χ1v) is 10.6. The van der Waals surface area contributed by atoms with Crippen molar-refractivity contribution in [2.45, 2.75) is 57.4 Å². The van der Waals surface area contributed by atoms with Crippen LogP contribution < -0.4 is 4.90 Å². The maximum Gasteiger partial charge on any atom is 0.164 e. The van der Waals surface area contributed by atoms with Crippen LogP contribution in [0.4, 0.5) is 5.82 Å². The molecule has 0 N–H and O–H groups in total. The van der Waals surface area contributed by atoms with Crippen LogP contribution >= 0.6 is 11.3 Å². The van der Waals surface area contributed by atoms with Gasteiger partial charge in [0.1, 0.15) is 10.6 Å². The number of thiophene rings is 1. The van der Waals surface area contributed by atoms with E-state index in [1.807, 2.05) is 23.6 Å². The van der Waals surface area contributed by atoms with E-state index in [-0.39, 0.29) is 0 Å². The van der Waals surface area contributed by atoms with Gasteiger partial charge in [0.25, 0.3) is 0 Å². The number of hydrogen-bond donors (Lipinski definition) is 0. The van der Waals surface area contributed by atoms with E-state index in [2.05, 4.69) is 23.0 Å². The van der Waals surface area contributed by atoms with E-state index in [1.54, 1.807) is 6.20 Å². The largest absolute Gasteiger partial charge is 0.356 e. The average molecular weight is 365 g/mol. The second-order valence-corrected chi connectivity index (χ2v) is 8.64. The lowest BCUT2D eigenvalue weighted by atomic mass is 9.94. The molecule has 4 nitrogen and oxygen atoms in total. The Labute approximate surface area is 158 Å². The summed E-state index contributed by atoms with van der Waals surface area (Å²) in [7, 11) is 2.24. The molecule has 0 spiro atoms. The third-order valence-corrected chi connectivity index (χ3v) is 7.11. The first-order valence-electron chi connectivity index (χ1n) is 9.77. The molecule has 2 aliphatic rings. The van der Waals surface area contributed by atoms with Crippen LogP contribution in [-0.2, 0) is 12.8 Å². The van der Waals surface area contributed by atoms with Gasteiger partial charge >= 0.3 is 0 Å². The number of anilines is 1. The Morgan fingerprint density at radius 2 is 1.96 bits per heavy atom. The minimum atomic E-state index is 0.598. The SMILES string of the molecule is CN(c1nc(-c2cccnc2)nc2sc3c(c12)CCC3)C1CCCCC1. The molecule has 0 aliphatic heterocycles. The molecule has 5 heteroatoms. The van der Waals surface area contributed by atoms with Gasteiger partial charge in [0.2, 0.25) is 0 Å². The van der Waals surface area contributed by atoms with Crippen molar-refractivity contribution in [2.75, 3.05) is 11.9 Å². The number of aryl methyl sites for hydroxylation is 2. The van der Waals surface area contributed by atoms with Crippen molar-refractivity contribution in [1.29, 1.82) is 0 Å². The summed E-state index contributed by atoms with van der Waals surface area (Å²) in [5, 5.41) is 1.32. The summed E-state index contributed by atoms with van der Waals surface area (Å²) in [4.78, 5) is 19.4. The van der Waals surface area contributed by atoms with Gasteiger partial charge in [-0.2, -0.15) is 0 Å². The molecule has 0 radical (unpaired) electrons. The van der Waals surface area contributed by atoms with Gasteiger partial charge in [0.05, 0.1) is 5.39 Å². The van der Waals surface area contributed by atoms with Crippen LogP contribution in [0.25, 0.3) is 21.6 Å². The molecular weight excluding hydrogens is 340 g/mol. The zero-order valence-corrected chi connectivity index (χ0v) is 16.1. The topological polar surface area (TPSA) is 41.9 Å². The van der Waals surface area contributed by atoms with Gasteiger partial charge < -0.3 is 4.90 Å². The van der Waals surface area contributed by atoms with Crippen molar-refractivity contribution in [3.05, 3.63) is 35.0 Å². The normalized spacial score (nSPS) is 17.6. The molecular formula is C21H24N4S. The van der Waals surface area contributed by atoms with Crippen LogP contribution in [0.1, 0.15) is 49.0 Å². The molecule has 1 saturated carbocycles. The van der Waals surface area contributed by atoms with Crippen molar-refractivity contribution in [1.82, 2.24) is 15.0 Å². The molecule has 5 rings (SSSR count). The van der Waals surface area contributed by atoms with E-state index >= 15 is 0 Å². The molecule has 0 saturated heterocycles. The van der Waals surface area contributed by atoms with Crippen molar-refractivity contribution in [3.8, 4) is 11.4 Å². The fourth-order valence-corrected chi connectivity index (χ4v) is 5.75. The lowest BCUT2D eigenvalue weighted by Gasteiger charge is -2.32. The summed E-state index contributed by atoms with van der Waals surface area (Å²) in [6.07, 6.45) is 13.9. The van der Waals surface area contributed by atoms with Crippen LogP contribution in [0.15, 0.2) is 24.5 Å². The molecule has 0 atom stereocenters. The van der Waals surface area contributed by atoms with E-state index in [4.69, 9.17) is 9.97 Å². The second kappa shape index (κ2) is 6.62. The Balaban J connectivity index is 1.68. The lowest BCUT2D eigenvalue weighted by Crippen LogP contribution is -2.34. The quantitative estimate of drug-likeness (QED) is 0.655. The third-order valence-electron chi connectivity index (χ3n) is 5.92. The second-order valence-electron chi connectivity index (χ2n) is 7.55. The average Bonchev–Trinajstić information content (AvgIpc) is 3.29. The Hall–Kier alpha value is -2.01. The summed E-state index contributed by atoms with van der Waals surface area (Å²) in [5.41, 5.74) is 2.52. The Bertz CT molecular complexity index is 928. The van der Waals surface area contributed by atoms with Crippen molar-refractivity contribution in [2.24, 2.45) is 0 Å². The summed E-state index contributed by atoms with van der Waals surface area (Å²) in [6, 6.07) is 4.61. The monoisotopic (exact) mass is 364 g/mol. The van der Waals surface area contributed by atoms with Gasteiger partial charge in [-0.3, -0.25) is 4.98 Å². The Morgan fingerprint density at radius 1 is 1.08 bits per heavy atom. The van der Waals surface area contributed by atoms with Gasteiger partial charge in [-0.15, -0.1) is 11.3 Å². The smallest absolute Gasteiger partial charge is 0.164 e. The standard InChI is InChI=1S/C21H24N4S/c1-25(15-8-3-2-4-9-15)20-18-16-10-5-11-17(16)26-21(18)24-19(23-20)14-7-6-12-22-13-14/h6-7,12-13,15H,2-5,8-11H2,1H3. The predicted molar refractivity (Wildman–Crippen MR) is 108 cm³/mol. The highest BCUT2D eigenvalue weighted by atomic mass is 32.1. The minimum Gasteiger partial charge on any atom is -0.356 e. The van der Waals surface area contributed by atoms with Gasteiger partial charge in [-0.1, -0.05) is 19.3 Å². The highest BCUT2D eigenvalue weighted by Crippen LogP contribution is 2.42. The van der Waals surface area contributed by atoms with Crippen molar-refractivity contribution >= 4 is 27.4 Å². The zero-order chi connectivity index (χ0) is 17.5. The van der Waals surface area contributed by atoms with E-state index in [1.165, 1.54) is 67.2 Å². The van der Waals surface area contributed by atoms with Crippen LogP contribution in [0.5, 0.6) is 0 Å². The highest BCUT2D eigenvalue weighted by Gasteiger charge is 2.27. The molecule has 1 fully saturated rings. The van der Waals surface area contributed by atoms with Crippen molar-refractivity contribution in [3.63, 3.8) is 0 Å². The Kier molecular flexibility index (Phi) is 4.12.